The van der Waals surface area contributed by atoms with Crippen molar-refractivity contribution in [1.82, 2.24) is 0 Å². The van der Waals surface area contributed by atoms with E-state index < -0.39 is 8.32 Å². The van der Waals surface area contributed by atoms with E-state index in [2.05, 4.69) is 41.5 Å². The van der Waals surface area contributed by atoms with Gasteiger partial charge in [-0.25, -0.2) is 0 Å². The van der Waals surface area contributed by atoms with Crippen molar-refractivity contribution in [2.24, 2.45) is 0 Å². The molecule has 0 spiro atoms. The highest BCUT2D eigenvalue weighted by Crippen LogP contribution is 2.37. The third kappa shape index (κ3) is 3.10. The van der Waals surface area contributed by atoms with Crippen molar-refractivity contribution in [3.8, 4) is 0 Å². The molecule has 0 N–H and O–H groups in total. The molecule has 0 aliphatic heterocycles. The molecule has 13 heavy (non-hydrogen) atoms. The Morgan fingerprint density at radius 3 is 1.69 bits per heavy atom. The van der Waals surface area contributed by atoms with Crippen LogP contribution in [-0.4, -0.2) is 14.9 Å². The van der Waals surface area contributed by atoms with Crippen LogP contribution in [0, 0.1) is 0 Å². The maximum absolute atomic E-state index is 6.13. The normalized spacial score (nSPS) is 12.9. The van der Waals surface area contributed by atoms with Crippen LogP contribution >= 0.6 is 0 Å². The molecule has 0 aliphatic rings. The Morgan fingerprint density at radius 1 is 1.00 bits per heavy atom. The minimum absolute atomic E-state index is 0.743. The Labute approximate surface area is 85.0 Å². The zero-order chi connectivity index (χ0) is 10.5. The molecule has 0 bridgehead atoms. The molecule has 0 amide bonds. The first-order valence-electron chi connectivity index (χ1n) is 5.65. The van der Waals surface area contributed by atoms with E-state index in [0.29, 0.717) is 0 Å². The summed E-state index contributed by atoms with van der Waals surface area (Å²) < 4.78 is 6.13. The highest BCUT2D eigenvalue weighted by atomic mass is 28.4. The average molecular weight is 202 g/mol. The van der Waals surface area contributed by atoms with Crippen molar-refractivity contribution < 1.29 is 4.43 Å². The molecule has 80 valence electrons. The van der Waals surface area contributed by atoms with Crippen molar-refractivity contribution in [1.29, 1.82) is 0 Å². The summed E-state index contributed by atoms with van der Waals surface area (Å²) in [4.78, 5) is 0. The summed E-state index contributed by atoms with van der Waals surface area (Å²) in [7, 11) is -1.45. The summed E-state index contributed by atoms with van der Waals surface area (Å²) in [5.41, 5.74) is 1.49. The summed E-state index contributed by atoms with van der Waals surface area (Å²) in [5, 5.41) is 0. The van der Waals surface area contributed by atoms with Crippen LogP contribution < -0.4 is 0 Å². The molecule has 0 aliphatic carbocycles. The predicted octanol–water partition coefficient (Wildman–Crippen LogP) is 4.20. The fraction of sp³-hybridized carbons (Fsp3) is 1.00. The summed E-state index contributed by atoms with van der Waals surface area (Å²) in [6.45, 7) is 14.6. The van der Waals surface area contributed by atoms with Crippen LogP contribution in [0.3, 0.4) is 0 Å². The van der Waals surface area contributed by atoms with Gasteiger partial charge in [0.2, 0.25) is 0 Å². The summed E-state index contributed by atoms with van der Waals surface area (Å²) in [6, 6.07) is 1.32. The van der Waals surface area contributed by atoms with Gasteiger partial charge in [0, 0.05) is 6.61 Å². The van der Waals surface area contributed by atoms with Crippen molar-refractivity contribution >= 4 is 8.32 Å². The third-order valence-corrected chi connectivity index (χ3v) is 9.03. The highest BCUT2D eigenvalue weighted by molar-refractivity contribution is 6.76. The van der Waals surface area contributed by atoms with E-state index in [1.165, 1.54) is 12.5 Å². The molecule has 0 rings (SSSR count). The van der Waals surface area contributed by atoms with Gasteiger partial charge >= 0.3 is 0 Å². The van der Waals surface area contributed by atoms with Gasteiger partial charge in [0.1, 0.15) is 0 Å². The van der Waals surface area contributed by atoms with Crippen LogP contribution in [-0.2, 0) is 4.43 Å². The van der Waals surface area contributed by atoms with Gasteiger partial charge in [-0.05, 0) is 24.1 Å². The lowest BCUT2D eigenvalue weighted by molar-refractivity contribution is 0.303. The van der Waals surface area contributed by atoms with E-state index in [-0.39, 0.29) is 0 Å². The molecular formula is C11H26OSi. The second kappa shape index (κ2) is 5.81. The molecule has 0 aromatic carbocycles. The van der Waals surface area contributed by atoms with Crippen molar-refractivity contribution in [2.45, 2.75) is 65.1 Å². The molecule has 0 saturated carbocycles. The molecule has 0 saturated heterocycles. The first kappa shape index (κ1) is 13.2. The molecule has 0 fully saturated rings. The molecule has 0 unspecified atom stereocenters. The van der Waals surface area contributed by atoms with Crippen LogP contribution in [0.2, 0.25) is 17.1 Å². The maximum Gasteiger partial charge on any atom is 0.197 e. The minimum atomic E-state index is -1.45. The van der Waals surface area contributed by atoms with E-state index in [0.717, 1.165) is 17.7 Å². The minimum Gasteiger partial charge on any atom is -0.417 e. The summed E-state index contributed by atoms with van der Waals surface area (Å²) in [6.07, 6.45) is 1.27. The zero-order valence-electron chi connectivity index (χ0n) is 10.2. The highest BCUT2D eigenvalue weighted by Gasteiger charge is 2.40. The van der Waals surface area contributed by atoms with Crippen molar-refractivity contribution in [3.63, 3.8) is 0 Å². The lowest BCUT2D eigenvalue weighted by atomic mass is 10.5. The smallest absolute Gasteiger partial charge is 0.197 e. The second-order valence-electron chi connectivity index (χ2n) is 4.45. The van der Waals surface area contributed by atoms with Crippen LogP contribution in [0.4, 0.5) is 0 Å². The van der Waals surface area contributed by atoms with E-state index in [4.69, 9.17) is 4.43 Å². The zero-order valence-corrected chi connectivity index (χ0v) is 11.2. The Hall–Kier alpha value is 0.177. The van der Waals surface area contributed by atoms with Gasteiger partial charge < -0.3 is 4.43 Å². The number of rotatable bonds is 6. The van der Waals surface area contributed by atoms with Gasteiger partial charge in [-0.3, -0.25) is 0 Å². The summed E-state index contributed by atoms with van der Waals surface area (Å²) >= 11 is 0. The molecule has 0 radical (unpaired) electrons. The van der Waals surface area contributed by atoms with Crippen LogP contribution in [0.5, 0.6) is 0 Å². The molecule has 2 heteroatoms. The van der Waals surface area contributed by atoms with Gasteiger partial charge in [0.05, 0.1) is 0 Å². The Bertz CT molecular complexity index is 116. The topological polar surface area (TPSA) is 9.23 Å². The van der Waals surface area contributed by atoms with Gasteiger partial charge in [-0.2, -0.15) is 0 Å². The molecule has 0 aromatic rings. The van der Waals surface area contributed by atoms with Gasteiger partial charge in [0.25, 0.3) is 0 Å². The number of hydrogen-bond acceptors (Lipinski definition) is 1. The SMILES string of the molecule is CCC[Si](OCC)(C(C)C)C(C)C. The summed E-state index contributed by atoms with van der Waals surface area (Å²) in [5.74, 6) is 0. The van der Waals surface area contributed by atoms with Crippen LogP contribution in [0.1, 0.15) is 48.0 Å². The first-order chi connectivity index (χ1) is 6.01. The quantitative estimate of drug-likeness (QED) is 0.587. The van der Waals surface area contributed by atoms with Crippen LogP contribution in [0.25, 0.3) is 0 Å². The Morgan fingerprint density at radius 2 is 1.46 bits per heavy atom. The van der Waals surface area contributed by atoms with Gasteiger partial charge in [-0.1, -0.05) is 41.0 Å². The molecule has 0 heterocycles. The standard InChI is InChI=1S/C11H26OSi/c1-7-9-13(10(3)4,11(5)6)12-8-2/h10-11H,7-9H2,1-6H3. The largest absolute Gasteiger partial charge is 0.417 e. The van der Waals surface area contributed by atoms with E-state index in [1.807, 2.05) is 0 Å². The van der Waals surface area contributed by atoms with Crippen LogP contribution in [0.15, 0.2) is 0 Å². The van der Waals surface area contributed by atoms with Crippen molar-refractivity contribution in [2.75, 3.05) is 6.61 Å². The van der Waals surface area contributed by atoms with Crippen molar-refractivity contribution in [3.05, 3.63) is 0 Å². The van der Waals surface area contributed by atoms with E-state index in [9.17, 15) is 0 Å². The predicted molar refractivity (Wildman–Crippen MR) is 62.7 cm³/mol. The molecular weight excluding hydrogens is 176 g/mol. The molecule has 0 aromatic heterocycles. The Balaban J connectivity index is 4.59. The molecule has 1 nitrogen and oxygen atoms in total. The average Bonchev–Trinajstić information content (AvgIpc) is 2.03. The lowest BCUT2D eigenvalue weighted by Gasteiger charge is -2.38. The van der Waals surface area contributed by atoms with E-state index in [1.54, 1.807) is 0 Å². The monoisotopic (exact) mass is 202 g/mol. The van der Waals surface area contributed by atoms with Gasteiger partial charge in [0.15, 0.2) is 8.32 Å². The maximum atomic E-state index is 6.13. The van der Waals surface area contributed by atoms with Gasteiger partial charge in [-0.15, -0.1) is 0 Å². The third-order valence-electron chi connectivity index (χ3n) is 3.01. The Kier molecular flexibility index (Phi) is 5.89. The lowest BCUT2D eigenvalue weighted by Crippen LogP contribution is -2.44. The molecule has 0 atom stereocenters. The number of hydrogen-bond donors (Lipinski definition) is 0. The van der Waals surface area contributed by atoms with E-state index >= 15 is 0 Å². The second-order valence-corrected chi connectivity index (χ2v) is 9.46. The first-order valence-corrected chi connectivity index (χ1v) is 7.92. The fourth-order valence-corrected chi connectivity index (χ4v) is 6.93. The fourth-order valence-electron chi connectivity index (χ4n) is 2.31.